The molecule has 0 rings (SSSR count). The molecule has 0 radical (unpaired) electrons. The molecule has 0 aliphatic rings. The van der Waals surface area contributed by atoms with Gasteiger partial charge < -0.3 is 20.4 Å². The molecule has 0 aliphatic heterocycles. The van der Waals surface area contributed by atoms with E-state index in [0.29, 0.717) is 5.03 Å². The lowest BCUT2D eigenvalue weighted by atomic mass is 9.93. The van der Waals surface area contributed by atoms with E-state index in [4.69, 9.17) is 11.6 Å². The van der Waals surface area contributed by atoms with E-state index in [1.165, 1.54) is 12.2 Å². The topological polar surface area (TPSA) is 80.9 Å². The largest absolute Gasteiger partial charge is 0.390 e. The van der Waals surface area contributed by atoms with E-state index in [2.05, 4.69) is 6.58 Å². The predicted octanol–water partition coefficient (Wildman–Crippen LogP) is 1.34. The fourth-order valence-corrected chi connectivity index (χ4v) is 1.75. The minimum Gasteiger partial charge on any atom is -0.390 e. The molecule has 0 saturated carbocycles. The first-order valence-corrected chi connectivity index (χ1v) is 6.56. The molecular formula is C14H23ClO4. The Morgan fingerprint density at radius 2 is 1.79 bits per heavy atom. The van der Waals surface area contributed by atoms with Gasteiger partial charge in [0.05, 0.1) is 18.3 Å². The number of allylic oxidation sites excluding steroid dienone is 3. The Morgan fingerprint density at radius 1 is 1.21 bits per heavy atom. The van der Waals surface area contributed by atoms with Crippen LogP contribution in [0.4, 0.5) is 0 Å². The van der Waals surface area contributed by atoms with Crippen LogP contribution in [0.3, 0.4) is 0 Å². The van der Waals surface area contributed by atoms with Gasteiger partial charge in [-0.25, -0.2) is 0 Å². The van der Waals surface area contributed by atoms with E-state index >= 15 is 0 Å². The van der Waals surface area contributed by atoms with Crippen LogP contribution in [-0.4, -0.2) is 44.8 Å². The molecule has 4 N–H and O–H groups in total. The Labute approximate surface area is 119 Å². The predicted molar refractivity (Wildman–Crippen MR) is 76.8 cm³/mol. The van der Waals surface area contributed by atoms with Crippen molar-refractivity contribution in [2.75, 3.05) is 0 Å². The molecule has 0 bridgehead atoms. The Kier molecular flexibility index (Phi) is 8.97. The molecule has 0 amide bonds. The van der Waals surface area contributed by atoms with Crippen molar-refractivity contribution in [3.8, 4) is 0 Å². The maximum absolute atomic E-state index is 9.90. The van der Waals surface area contributed by atoms with Crippen LogP contribution in [-0.2, 0) is 0 Å². The Morgan fingerprint density at radius 3 is 2.26 bits per heavy atom. The Hall–Kier alpha value is -0.650. The molecule has 0 heterocycles. The second kappa shape index (κ2) is 9.28. The summed E-state index contributed by atoms with van der Waals surface area (Å²) < 4.78 is 0. The van der Waals surface area contributed by atoms with Gasteiger partial charge in [0.25, 0.3) is 0 Å². The minimum atomic E-state index is -1.38. The molecule has 110 valence electrons. The van der Waals surface area contributed by atoms with Crippen LogP contribution < -0.4 is 0 Å². The maximum Gasteiger partial charge on any atom is 0.106 e. The average molecular weight is 291 g/mol. The van der Waals surface area contributed by atoms with Crippen molar-refractivity contribution in [3.05, 3.63) is 35.9 Å². The summed E-state index contributed by atoms with van der Waals surface area (Å²) in [4.78, 5) is 0. The highest BCUT2D eigenvalue weighted by Crippen LogP contribution is 2.23. The van der Waals surface area contributed by atoms with E-state index in [0.717, 1.165) is 0 Å². The summed E-state index contributed by atoms with van der Waals surface area (Å²) in [6, 6.07) is 0. The SMILES string of the molecule is C=C/C=C/C(O)CC(O)C(O)C(O)C(C)/C(Cl)=C/C. The number of aliphatic hydroxyl groups excluding tert-OH is 4. The highest BCUT2D eigenvalue weighted by atomic mass is 35.5. The van der Waals surface area contributed by atoms with E-state index < -0.39 is 30.3 Å². The number of halogens is 1. The molecule has 0 aromatic carbocycles. The molecule has 5 heteroatoms. The van der Waals surface area contributed by atoms with Gasteiger partial charge in [0.15, 0.2) is 0 Å². The van der Waals surface area contributed by atoms with E-state index in [1.807, 2.05) is 0 Å². The van der Waals surface area contributed by atoms with Crippen molar-refractivity contribution < 1.29 is 20.4 Å². The zero-order chi connectivity index (χ0) is 15.0. The lowest BCUT2D eigenvalue weighted by molar-refractivity contribution is -0.0814. The van der Waals surface area contributed by atoms with Crippen LogP contribution in [0, 0.1) is 5.92 Å². The van der Waals surface area contributed by atoms with Crippen molar-refractivity contribution >= 4 is 11.6 Å². The summed E-state index contributed by atoms with van der Waals surface area (Å²) in [5, 5.41) is 39.5. The summed E-state index contributed by atoms with van der Waals surface area (Å²) in [5.41, 5.74) is 0. The van der Waals surface area contributed by atoms with Gasteiger partial charge in [0.2, 0.25) is 0 Å². The fraction of sp³-hybridized carbons (Fsp3) is 0.571. The Balaban J connectivity index is 4.51. The van der Waals surface area contributed by atoms with Crippen LogP contribution in [0.1, 0.15) is 20.3 Å². The molecule has 0 aliphatic carbocycles. The first kappa shape index (κ1) is 18.4. The van der Waals surface area contributed by atoms with Gasteiger partial charge in [0.1, 0.15) is 6.10 Å². The van der Waals surface area contributed by atoms with Gasteiger partial charge in [-0.2, -0.15) is 0 Å². The smallest absolute Gasteiger partial charge is 0.106 e. The summed E-state index contributed by atoms with van der Waals surface area (Å²) in [6.45, 7) is 6.83. The highest BCUT2D eigenvalue weighted by Gasteiger charge is 2.30. The van der Waals surface area contributed by atoms with Crippen LogP contribution in [0.5, 0.6) is 0 Å². The average Bonchev–Trinajstić information content (AvgIpc) is 2.41. The number of hydrogen-bond acceptors (Lipinski definition) is 4. The third kappa shape index (κ3) is 6.36. The summed E-state index contributed by atoms with van der Waals surface area (Å²) >= 11 is 5.87. The highest BCUT2D eigenvalue weighted by molar-refractivity contribution is 6.29. The molecule has 5 atom stereocenters. The van der Waals surface area contributed by atoms with Gasteiger partial charge in [-0.05, 0) is 6.92 Å². The standard InChI is InChI=1S/C14H23ClO4/c1-4-6-7-10(16)8-12(17)14(19)13(18)9(3)11(15)5-2/h4-7,9-10,12-14,16-19H,1,8H2,2-3H3/b7-6+,11-5-. The molecule has 5 unspecified atom stereocenters. The van der Waals surface area contributed by atoms with E-state index in [1.54, 1.807) is 26.0 Å². The van der Waals surface area contributed by atoms with Crippen LogP contribution in [0.15, 0.2) is 35.9 Å². The third-order valence-electron chi connectivity index (χ3n) is 2.92. The molecule has 4 nitrogen and oxygen atoms in total. The molecule has 0 aromatic rings. The van der Waals surface area contributed by atoms with Gasteiger partial charge in [-0.15, -0.1) is 0 Å². The summed E-state index contributed by atoms with van der Waals surface area (Å²) in [6.07, 6.45) is 1.28. The van der Waals surface area contributed by atoms with Gasteiger partial charge in [-0.1, -0.05) is 49.4 Å². The molecule has 0 aromatic heterocycles. The lowest BCUT2D eigenvalue weighted by Crippen LogP contribution is -2.42. The number of rotatable bonds is 8. The first-order valence-electron chi connectivity index (χ1n) is 6.18. The van der Waals surface area contributed by atoms with Gasteiger partial charge in [0, 0.05) is 17.4 Å². The summed E-state index contributed by atoms with van der Waals surface area (Å²) in [5.74, 6) is -0.489. The quantitative estimate of drug-likeness (QED) is 0.509. The first-order chi connectivity index (χ1) is 8.84. The van der Waals surface area contributed by atoms with E-state index in [-0.39, 0.29) is 6.42 Å². The van der Waals surface area contributed by atoms with Crippen molar-refractivity contribution in [1.29, 1.82) is 0 Å². The normalized spacial score (nSPS) is 20.9. The molecule has 0 spiro atoms. The van der Waals surface area contributed by atoms with Crippen molar-refractivity contribution in [2.45, 2.75) is 44.7 Å². The molecule has 19 heavy (non-hydrogen) atoms. The zero-order valence-corrected chi connectivity index (χ0v) is 12.0. The molecule has 0 fully saturated rings. The van der Waals surface area contributed by atoms with Gasteiger partial charge >= 0.3 is 0 Å². The zero-order valence-electron chi connectivity index (χ0n) is 11.3. The second-order valence-electron chi connectivity index (χ2n) is 4.43. The maximum atomic E-state index is 9.90. The minimum absolute atomic E-state index is 0.0806. The van der Waals surface area contributed by atoms with Crippen molar-refractivity contribution in [3.63, 3.8) is 0 Å². The fourth-order valence-electron chi connectivity index (χ4n) is 1.62. The summed E-state index contributed by atoms with van der Waals surface area (Å²) in [7, 11) is 0. The van der Waals surface area contributed by atoms with Crippen LogP contribution in [0.2, 0.25) is 0 Å². The van der Waals surface area contributed by atoms with Crippen LogP contribution in [0.25, 0.3) is 0 Å². The number of aliphatic hydroxyl groups is 4. The van der Waals surface area contributed by atoms with Crippen molar-refractivity contribution in [2.24, 2.45) is 5.92 Å². The Bertz CT molecular complexity index is 327. The van der Waals surface area contributed by atoms with Gasteiger partial charge in [-0.3, -0.25) is 0 Å². The molecular weight excluding hydrogens is 268 g/mol. The van der Waals surface area contributed by atoms with Crippen LogP contribution >= 0.6 is 11.6 Å². The lowest BCUT2D eigenvalue weighted by Gasteiger charge is -2.27. The van der Waals surface area contributed by atoms with Crippen molar-refractivity contribution in [1.82, 2.24) is 0 Å². The number of hydrogen-bond donors (Lipinski definition) is 4. The third-order valence-corrected chi connectivity index (χ3v) is 3.48. The second-order valence-corrected chi connectivity index (χ2v) is 4.87. The van der Waals surface area contributed by atoms with E-state index in [9.17, 15) is 20.4 Å². The molecule has 0 saturated heterocycles. The monoisotopic (exact) mass is 290 g/mol.